The number of amides is 1. The van der Waals surface area contributed by atoms with Gasteiger partial charge in [-0.15, -0.1) is 0 Å². The lowest BCUT2D eigenvalue weighted by Gasteiger charge is -2.43. The van der Waals surface area contributed by atoms with Gasteiger partial charge in [0, 0.05) is 61.9 Å². The van der Waals surface area contributed by atoms with Crippen molar-refractivity contribution in [2.24, 2.45) is 13.0 Å². The van der Waals surface area contributed by atoms with Crippen LogP contribution in [0, 0.1) is 5.92 Å². The SMILES string of the molecule is CSCC(=O)Nc1ccc2n(c1=O)C[C@@H]1C[C@@H]2CN(Cc2cn(C)c3ccccc23)C1. The predicted molar refractivity (Wildman–Crippen MR) is 127 cm³/mol. The van der Waals surface area contributed by atoms with Gasteiger partial charge in [0.25, 0.3) is 5.56 Å². The van der Waals surface area contributed by atoms with E-state index in [1.807, 2.05) is 16.9 Å². The average molecular weight is 437 g/mol. The number of hydrogen-bond acceptors (Lipinski definition) is 4. The van der Waals surface area contributed by atoms with Crippen LogP contribution in [0.15, 0.2) is 47.4 Å². The maximum atomic E-state index is 13.0. The number of thioether (sulfide) groups is 1. The molecule has 6 nitrogen and oxygen atoms in total. The first kappa shape index (κ1) is 20.4. The Bertz CT molecular complexity index is 1200. The molecule has 5 rings (SSSR count). The number of fused-ring (bicyclic) bond motifs is 5. The fourth-order valence-electron chi connectivity index (χ4n) is 5.38. The Morgan fingerprint density at radius 3 is 2.84 bits per heavy atom. The van der Waals surface area contributed by atoms with E-state index < -0.39 is 0 Å². The molecule has 2 bridgehead atoms. The number of nitrogens with one attached hydrogen (secondary N) is 1. The maximum Gasteiger partial charge on any atom is 0.274 e. The molecular formula is C24H28N4O2S. The lowest BCUT2D eigenvalue weighted by Crippen LogP contribution is -2.47. The van der Waals surface area contributed by atoms with Crippen molar-refractivity contribution in [3.05, 3.63) is 64.2 Å². The summed E-state index contributed by atoms with van der Waals surface area (Å²) in [6.07, 6.45) is 5.26. The van der Waals surface area contributed by atoms with Gasteiger partial charge in [0.1, 0.15) is 5.69 Å². The second kappa shape index (κ2) is 8.20. The third-order valence-electron chi connectivity index (χ3n) is 6.60. The van der Waals surface area contributed by atoms with E-state index in [2.05, 4.69) is 52.3 Å². The van der Waals surface area contributed by atoms with Crippen LogP contribution in [0.2, 0.25) is 0 Å². The van der Waals surface area contributed by atoms with Gasteiger partial charge in [0.05, 0.1) is 5.75 Å². The molecule has 0 radical (unpaired) electrons. The van der Waals surface area contributed by atoms with Crippen molar-refractivity contribution >= 4 is 34.3 Å². The third-order valence-corrected chi connectivity index (χ3v) is 7.15. The Kier molecular flexibility index (Phi) is 5.40. The molecular weight excluding hydrogens is 408 g/mol. The van der Waals surface area contributed by atoms with E-state index in [-0.39, 0.29) is 11.5 Å². The zero-order valence-corrected chi connectivity index (χ0v) is 18.8. The number of likely N-dealkylation sites (tertiary alicyclic amines) is 1. The molecule has 0 unspecified atom stereocenters. The number of carbonyl (C=O) groups excluding carboxylic acids is 1. The van der Waals surface area contributed by atoms with Gasteiger partial charge in [-0.2, -0.15) is 11.8 Å². The topological polar surface area (TPSA) is 59.3 Å². The largest absolute Gasteiger partial charge is 0.350 e. The molecule has 2 aliphatic rings. The highest BCUT2D eigenvalue weighted by atomic mass is 32.2. The average Bonchev–Trinajstić information content (AvgIpc) is 3.06. The number of hydrogen-bond donors (Lipinski definition) is 1. The Morgan fingerprint density at radius 2 is 2.00 bits per heavy atom. The summed E-state index contributed by atoms with van der Waals surface area (Å²) in [7, 11) is 2.11. The van der Waals surface area contributed by atoms with E-state index in [0.29, 0.717) is 23.3 Å². The molecule has 1 fully saturated rings. The van der Waals surface area contributed by atoms with E-state index in [9.17, 15) is 9.59 Å². The molecule has 31 heavy (non-hydrogen) atoms. The summed E-state index contributed by atoms with van der Waals surface area (Å²) in [6, 6.07) is 12.4. The number of anilines is 1. The van der Waals surface area contributed by atoms with Crippen LogP contribution in [0.1, 0.15) is 23.6 Å². The minimum Gasteiger partial charge on any atom is -0.350 e. The highest BCUT2D eigenvalue weighted by Gasteiger charge is 2.35. The number of piperidine rings is 1. The molecule has 4 heterocycles. The maximum absolute atomic E-state index is 13.0. The van der Waals surface area contributed by atoms with Crippen LogP contribution in [-0.2, 0) is 24.9 Å². The first-order chi connectivity index (χ1) is 15.0. The molecule has 1 N–H and O–H groups in total. The predicted octanol–water partition coefficient (Wildman–Crippen LogP) is 3.26. The second-order valence-electron chi connectivity index (χ2n) is 8.84. The smallest absolute Gasteiger partial charge is 0.274 e. The van der Waals surface area contributed by atoms with Gasteiger partial charge >= 0.3 is 0 Å². The van der Waals surface area contributed by atoms with Gasteiger partial charge in [0.2, 0.25) is 5.91 Å². The van der Waals surface area contributed by atoms with Crippen molar-refractivity contribution in [2.45, 2.75) is 25.4 Å². The number of rotatable bonds is 5. The summed E-state index contributed by atoms with van der Waals surface area (Å²) >= 11 is 1.45. The van der Waals surface area contributed by atoms with Gasteiger partial charge in [-0.25, -0.2) is 0 Å². The standard InChI is InChI=1S/C24H28N4O2S/c1-26-12-18(19-5-3-4-6-22(19)26)14-27-10-16-9-17(13-27)21-8-7-20(24(30)28(21)11-16)25-23(29)15-31-2/h3-8,12,16-17H,9-11,13-15H2,1-2H3,(H,25,29)/t16-,17-/m1/s1. The van der Waals surface area contributed by atoms with E-state index in [0.717, 1.165) is 38.3 Å². The first-order valence-corrected chi connectivity index (χ1v) is 12.2. The van der Waals surface area contributed by atoms with Gasteiger partial charge < -0.3 is 14.5 Å². The van der Waals surface area contributed by atoms with Crippen molar-refractivity contribution < 1.29 is 4.79 Å². The molecule has 3 aromatic rings. The third kappa shape index (κ3) is 3.81. The molecule has 2 aliphatic heterocycles. The van der Waals surface area contributed by atoms with E-state index >= 15 is 0 Å². The molecule has 0 spiro atoms. The fourth-order valence-corrected chi connectivity index (χ4v) is 5.71. The number of benzene rings is 1. The van der Waals surface area contributed by atoms with Crippen LogP contribution in [0.25, 0.3) is 10.9 Å². The normalized spacial score (nSPS) is 20.6. The molecule has 7 heteroatoms. The highest BCUT2D eigenvalue weighted by Crippen LogP contribution is 2.36. The molecule has 162 valence electrons. The molecule has 0 saturated carbocycles. The molecule has 1 aromatic carbocycles. The lowest BCUT2D eigenvalue weighted by atomic mass is 9.83. The number of pyridine rings is 1. The Hall–Kier alpha value is -2.51. The summed E-state index contributed by atoms with van der Waals surface area (Å²) in [5.74, 6) is 1.04. The molecule has 1 saturated heterocycles. The summed E-state index contributed by atoms with van der Waals surface area (Å²) in [5.41, 5.74) is 4.07. The van der Waals surface area contributed by atoms with E-state index in [1.165, 1.54) is 28.2 Å². The van der Waals surface area contributed by atoms with Crippen molar-refractivity contribution in [1.29, 1.82) is 0 Å². The Morgan fingerprint density at radius 1 is 1.16 bits per heavy atom. The minimum absolute atomic E-state index is 0.0656. The summed E-state index contributed by atoms with van der Waals surface area (Å²) in [4.78, 5) is 27.5. The van der Waals surface area contributed by atoms with Crippen LogP contribution in [0.4, 0.5) is 5.69 Å². The van der Waals surface area contributed by atoms with Gasteiger partial charge in [-0.05, 0) is 42.4 Å². The van der Waals surface area contributed by atoms with Crippen molar-refractivity contribution in [2.75, 3.05) is 30.4 Å². The van der Waals surface area contributed by atoms with Gasteiger partial charge in [0.15, 0.2) is 0 Å². The van der Waals surface area contributed by atoms with Crippen LogP contribution in [0.5, 0.6) is 0 Å². The number of carbonyl (C=O) groups is 1. The van der Waals surface area contributed by atoms with Crippen molar-refractivity contribution in [3.63, 3.8) is 0 Å². The van der Waals surface area contributed by atoms with Gasteiger partial charge in [-0.3, -0.25) is 14.5 Å². The zero-order chi connectivity index (χ0) is 21.5. The zero-order valence-electron chi connectivity index (χ0n) is 18.0. The molecule has 0 aliphatic carbocycles. The fraction of sp³-hybridized carbons (Fsp3) is 0.417. The molecule has 1 amide bonds. The van der Waals surface area contributed by atoms with E-state index in [1.54, 1.807) is 6.07 Å². The van der Waals surface area contributed by atoms with Crippen LogP contribution in [0.3, 0.4) is 0 Å². The van der Waals surface area contributed by atoms with Crippen LogP contribution in [-0.4, -0.2) is 45.0 Å². The quantitative estimate of drug-likeness (QED) is 0.667. The van der Waals surface area contributed by atoms with Crippen molar-refractivity contribution in [1.82, 2.24) is 14.0 Å². The molecule has 2 atom stereocenters. The van der Waals surface area contributed by atoms with Gasteiger partial charge in [-0.1, -0.05) is 18.2 Å². The lowest BCUT2D eigenvalue weighted by molar-refractivity contribution is -0.113. The Labute approximate surface area is 186 Å². The van der Waals surface area contributed by atoms with E-state index in [4.69, 9.17) is 0 Å². The van der Waals surface area contributed by atoms with Crippen molar-refractivity contribution in [3.8, 4) is 0 Å². The monoisotopic (exact) mass is 436 g/mol. The summed E-state index contributed by atoms with van der Waals surface area (Å²) in [6.45, 7) is 3.61. The molecule has 2 aromatic heterocycles. The number of aryl methyl sites for hydroxylation is 1. The van der Waals surface area contributed by atoms with Crippen LogP contribution >= 0.6 is 11.8 Å². The summed E-state index contributed by atoms with van der Waals surface area (Å²) < 4.78 is 4.11. The minimum atomic E-state index is -0.123. The highest BCUT2D eigenvalue weighted by molar-refractivity contribution is 7.99. The summed E-state index contributed by atoms with van der Waals surface area (Å²) in [5, 5.41) is 4.10. The second-order valence-corrected chi connectivity index (χ2v) is 9.71. The number of nitrogens with zero attached hydrogens (tertiary/aromatic N) is 3. The Balaban J connectivity index is 1.37. The number of aromatic nitrogens is 2. The number of para-hydroxylation sites is 1. The first-order valence-electron chi connectivity index (χ1n) is 10.8. The van der Waals surface area contributed by atoms with Crippen LogP contribution < -0.4 is 10.9 Å².